The first-order valence-electron chi connectivity index (χ1n) is 4.02. The molecule has 1 aliphatic heterocycles. The number of hydrogen-bond donors (Lipinski definition) is 0. The predicted molar refractivity (Wildman–Crippen MR) is 40.3 cm³/mol. The molecule has 0 spiro atoms. The summed E-state index contributed by atoms with van der Waals surface area (Å²) < 4.78 is 9.48. The molecule has 1 rings (SSSR count). The zero-order chi connectivity index (χ0) is 9.14. The molecule has 2 atom stereocenters. The van der Waals surface area contributed by atoms with Crippen molar-refractivity contribution < 1.29 is 19.1 Å². The molecule has 2 unspecified atom stereocenters. The maximum Gasteiger partial charge on any atom is 0.347 e. The molecule has 0 radical (unpaired) electrons. The largest absolute Gasteiger partial charge is 0.463 e. The maximum atomic E-state index is 11.0. The Morgan fingerprint density at radius 1 is 1.75 bits per heavy atom. The Balaban J connectivity index is 2.46. The van der Waals surface area contributed by atoms with E-state index in [1.165, 1.54) is 0 Å². The summed E-state index contributed by atoms with van der Waals surface area (Å²) in [6.07, 6.45) is -0.232. The molecule has 0 aromatic heterocycles. The Bertz CT molecular complexity index is 199. The minimum atomic E-state index is -0.674. The fourth-order valence-electron chi connectivity index (χ4n) is 1.10. The average Bonchev–Trinajstić information content (AvgIpc) is 2.33. The van der Waals surface area contributed by atoms with Crippen molar-refractivity contribution in [1.29, 1.82) is 0 Å². The van der Waals surface area contributed by atoms with Gasteiger partial charge in [0.2, 0.25) is 0 Å². The number of rotatable bonds is 2. The smallest absolute Gasteiger partial charge is 0.347 e. The number of carbonyl (C=O) groups is 2. The third-order valence-electron chi connectivity index (χ3n) is 1.78. The zero-order valence-corrected chi connectivity index (χ0v) is 7.20. The number of esters is 2. The van der Waals surface area contributed by atoms with Gasteiger partial charge in [0.15, 0.2) is 6.10 Å². The van der Waals surface area contributed by atoms with Gasteiger partial charge in [-0.05, 0) is 6.92 Å². The normalized spacial score (nSPS) is 28.3. The Morgan fingerprint density at radius 2 is 2.42 bits per heavy atom. The van der Waals surface area contributed by atoms with Crippen molar-refractivity contribution in [3.63, 3.8) is 0 Å². The van der Waals surface area contributed by atoms with E-state index in [9.17, 15) is 9.59 Å². The monoisotopic (exact) mass is 172 g/mol. The van der Waals surface area contributed by atoms with Gasteiger partial charge in [-0.2, -0.15) is 0 Å². The Kier molecular flexibility index (Phi) is 2.68. The molecule has 1 saturated heterocycles. The molecule has 0 aliphatic carbocycles. The fraction of sp³-hybridized carbons (Fsp3) is 0.750. The summed E-state index contributed by atoms with van der Waals surface area (Å²) in [4.78, 5) is 21.9. The van der Waals surface area contributed by atoms with Crippen molar-refractivity contribution in [3.05, 3.63) is 0 Å². The topological polar surface area (TPSA) is 52.6 Å². The second-order valence-corrected chi connectivity index (χ2v) is 2.81. The van der Waals surface area contributed by atoms with Crippen LogP contribution in [0.2, 0.25) is 0 Å². The summed E-state index contributed by atoms with van der Waals surface area (Å²) in [5.74, 6) is -0.928. The van der Waals surface area contributed by atoms with E-state index in [0.717, 1.165) is 0 Å². The number of hydrogen-bond acceptors (Lipinski definition) is 4. The predicted octanol–water partition coefficient (Wildman–Crippen LogP) is 0.501. The third-order valence-corrected chi connectivity index (χ3v) is 1.78. The van der Waals surface area contributed by atoms with E-state index in [1.807, 2.05) is 0 Å². The lowest BCUT2D eigenvalue weighted by molar-refractivity contribution is -0.161. The first-order valence-corrected chi connectivity index (χ1v) is 4.02. The van der Waals surface area contributed by atoms with E-state index in [-0.39, 0.29) is 11.9 Å². The molecular formula is C8H12O4. The van der Waals surface area contributed by atoms with Gasteiger partial charge in [0.05, 0.1) is 12.5 Å². The molecule has 0 aromatic carbocycles. The van der Waals surface area contributed by atoms with Gasteiger partial charge in [0.1, 0.15) is 0 Å². The molecule has 0 aromatic rings. The standard InChI is InChI=1S/C8H12O4/c1-3-11-8(10)6-4-5(2)7(9)12-6/h5-6H,3-4H2,1-2H3. The molecule has 0 N–H and O–H groups in total. The van der Waals surface area contributed by atoms with Crippen LogP contribution in [0.15, 0.2) is 0 Å². The van der Waals surface area contributed by atoms with Crippen LogP contribution in [0.25, 0.3) is 0 Å². The van der Waals surface area contributed by atoms with Gasteiger partial charge in [-0.1, -0.05) is 6.92 Å². The summed E-state index contributed by atoms with van der Waals surface area (Å²) >= 11 is 0. The molecule has 4 heteroatoms. The van der Waals surface area contributed by atoms with E-state index in [0.29, 0.717) is 13.0 Å². The van der Waals surface area contributed by atoms with Crippen molar-refractivity contribution in [2.75, 3.05) is 6.61 Å². The van der Waals surface area contributed by atoms with E-state index in [2.05, 4.69) is 0 Å². The van der Waals surface area contributed by atoms with Crippen LogP contribution >= 0.6 is 0 Å². The minimum absolute atomic E-state index is 0.181. The Morgan fingerprint density at radius 3 is 2.83 bits per heavy atom. The lowest BCUT2D eigenvalue weighted by Crippen LogP contribution is -2.22. The second-order valence-electron chi connectivity index (χ2n) is 2.81. The van der Waals surface area contributed by atoms with E-state index < -0.39 is 12.1 Å². The van der Waals surface area contributed by atoms with Crippen LogP contribution in [0.4, 0.5) is 0 Å². The molecule has 12 heavy (non-hydrogen) atoms. The molecule has 0 amide bonds. The van der Waals surface area contributed by atoms with Gasteiger partial charge in [0.25, 0.3) is 0 Å². The first-order chi connectivity index (χ1) is 5.65. The highest BCUT2D eigenvalue weighted by Gasteiger charge is 2.36. The molecule has 68 valence electrons. The number of carbonyl (C=O) groups excluding carboxylic acids is 2. The van der Waals surface area contributed by atoms with Crippen molar-refractivity contribution in [3.8, 4) is 0 Å². The summed E-state index contributed by atoms with van der Waals surface area (Å²) in [6.45, 7) is 3.78. The van der Waals surface area contributed by atoms with Gasteiger partial charge in [-0.15, -0.1) is 0 Å². The highest BCUT2D eigenvalue weighted by Crippen LogP contribution is 2.21. The quantitative estimate of drug-likeness (QED) is 0.569. The SMILES string of the molecule is CCOC(=O)C1CC(C)C(=O)O1. The van der Waals surface area contributed by atoms with Crippen molar-refractivity contribution in [2.45, 2.75) is 26.4 Å². The third kappa shape index (κ3) is 1.75. The summed E-state index contributed by atoms with van der Waals surface area (Å²) in [6, 6.07) is 0. The highest BCUT2D eigenvalue weighted by molar-refractivity contribution is 5.83. The fourth-order valence-corrected chi connectivity index (χ4v) is 1.10. The molecule has 1 fully saturated rings. The molecule has 1 aliphatic rings. The van der Waals surface area contributed by atoms with Crippen molar-refractivity contribution in [1.82, 2.24) is 0 Å². The van der Waals surface area contributed by atoms with Crippen LogP contribution in [0.1, 0.15) is 20.3 Å². The van der Waals surface area contributed by atoms with Crippen LogP contribution in [-0.2, 0) is 19.1 Å². The van der Waals surface area contributed by atoms with Gasteiger partial charge >= 0.3 is 11.9 Å². The molecule has 1 heterocycles. The molecule has 0 saturated carbocycles. The minimum Gasteiger partial charge on any atom is -0.463 e. The van der Waals surface area contributed by atoms with E-state index in [1.54, 1.807) is 13.8 Å². The number of ether oxygens (including phenoxy) is 2. The van der Waals surface area contributed by atoms with Crippen molar-refractivity contribution >= 4 is 11.9 Å². The van der Waals surface area contributed by atoms with Gasteiger partial charge < -0.3 is 9.47 Å². The molecule has 4 nitrogen and oxygen atoms in total. The van der Waals surface area contributed by atoms with Crippen LogP contribution in [0, 0.1) is 5.92 Å². The van der Waals surface area contributed by atoms with E-state index in [4.69, 9.17) is 9.47 Å². The second kappa shape index (κ2) is 3.56. The maximum absolute atomic E-state index is 11.0. The average molecular weight is 172 g/mol. The summed E-state index contributed by atoms with van der Waals surface area (Å²) in [5.41, 5.74) is 0. The lowest BCUT2D eigenvalue weighted by atomic mass is 10.1. The van der Waals surface area contributed by atoms with E-state index >= 15 is 0 Å². The first kappa shape index (κ1) is 9.03. The van der Waals surface area contributed by atoms with Gasteiger partial charge in [-0.3, -0.25) is 4.79 Å². The van der Waals surface area contributed by atoms with Crippen LogP contribution < -0.4 is 0 Å². The van der Waals surface area contributed by atoms with Crippen LogP contribution in [0.3, 0.4) is 0 Å². The molecule has 0 bridgehead atoms. The lowest BCUT2D eigenvalue weighted by Gasteiger charge is -2.06. The zero-order valence-electron chi connectivity index (χ0n) is 7.20. The van der Waals surface area contributed by atoms with Gasteiger partial charge in [-0.25, -0.2) is 4.79 Å². The van der Waals surface area contributed by atoms with Crippen LogP contribution in [0.5, 0.6) is 0 Å². The Hall–Kier alpha value is -1.06. The van der Waals surface area contributed by atoms with Crippen molar-refractivity contribution in [2.24, 2.45) is 5.92 Å². The van der Waals surface area contributed by atoms with Crippen LogP contribution in [-0.4, -0.2) is 24.6 Å². The number of cyclic esters (lactones) is 1. The van der Waals surface area contributed by atoms with Gasteiger partial charge in [0, 0.05) is 6.42 Å². The summed E-state index contributed by atoms with van der Waals surface area (Å²) in [7, 11) is 0. The summed E-state index contributed by atoms with van der Waals surface area (Å²) in [5, 5.41) is 0. The molecular weight excluding hydrogens is 160 g/mol. The Labute approximate surface area is 70.8 Å². The highest BCUT2D eigenvalue weighted by atomic mass is 16.6.